The predicted molar refractivity (Wildman–Crippen MR) is 76.7 cm³/mol. The molecule has 1 amide bonds. The lowest BCUT2D eigenvalue weighted by Crippen LogP contribution is -2.36. The number of hydrogen-bond acceptors (Lipinski definition) is 2. The average Bonchev–Trinajstić information content (AvgIpc) is 2.85. The summed E-state index contributed by atoms with van der Waals surface area (Å²) in [6.07, 6.45) is 3.21. The maximum absolute atomic E-state index is 12.3. The van der Waals surface area contributed by atoms with Gasteiger partial charge in [-0.1, -0.05) is 19.4 Å². The van der Waals surface area contributed by atoms with E-state index in [1.165, 1.54) is 0 Å². The zero-order valence-electron chi connectivity index (χ0n) is 11.3. The van der Waals surface area contributed by atoms with Crippen LogP contribution in [0.15, 0.2) is 30.5 Å². The van der Waals surface area contributed by atoms with E-state index in [1.54, 1.807) is 18.3 Å². The summed E-state index contributed by atoms with van der Waals surface area (Å²) in [5, 5.41) is 12.5. The molecule has 0 bridgehead atoms. The zero-order chi connectivity index (χ0) is 14.5. The van der Waals surface area contributed by atoms with Crippen LogP contribution in [0.5, 0.6) is 0 Å². The Hall–Kier alpha value is -2.30. The Kier molecular flexibility index (Phi) is 4.40. The van der Waals surface area contributed by atoms with Crippen molar-refractivity contribution in [1.29, 1.82) is 0 Å². The number of carboxylic acids is 1. The van der Waals surface area contributed by atoms with Crippen LogP contribution >= 0.6 is 0 Å². The van der Waals surface area contributed by atoms with Crippen LogP contribution in [0.1, 0.15) is 36.5 Å². The first kappa shape index (κ1) is 14.1. The van der Waals surface area contributed by atoms with E-state index in [2.05, 4.69) is 10.3 Å². The van der Waals surface area contributed by atoms with Crippen molar-refractivity contribution in [3.8, 4) is 0 Å². The van der Waals surface area contributed by atoms with Gasteiger partial charge in [0.15, 0.2) is 0 Å². The molecule has 106 valence electrons. The van der Waals surface area contributed by atoms with Gasteiger partial charge in [-0.3, -0.25) is 9.59 Å². The molecule has 2 rings (SSSR count). The highest BCUT2D eigenvalue weighted by atomic mass is 16.4. The summed E-state index contributed by atoms with van der Waals surface area (Å²) in [5.41, 5.74) is 1.46. The number of carbonyl (C=O) groups is 2. The first-order valence-corrected chi connectivity index (χ1v) is 6.70. The third-order valence-corrected chi connectivity index (χ3v) is 3.23. The number of nitrogens with one attached hydrogen (secondary N) is 2. The fraction of sp³-hybridized carbons (Fsp3) is 0.333. The van der Waals surface area contributed by atoms with Crippen LogP contribution in [0, 0.1) is 0 Å². The SMILES string of the molecule is CCCC(CC(=O)O)NC(=O)c1cccc2[nH]ccc12. The number of amides is 1. The van der Waals surface area contributed by atoms with Gasteiger partial charge in [0, 0.05) is 28.7 Å². The number of aromatic amines is 1. The molecule has 3 N–H and O–H groups in total. The molecule has 1 aromatic heterocycles. The second-order valence-electron chi connectivity index (χ2n) is 4.80. The molecule has 0 saturated carbocycles. The Morgan fingerprint density at radius 2 is 2.15 bits per heavy atom. The number of benzene rings is 1. The number of fused-ring (bicyclic) bond motifs is 1. The summed E-state index contributed by atoms with van der Waals surface area (Å²) < 4.78 is 0. The van der Waals surface area contributed by atoms with E-state index >= 15 is 0 Å². The molecule has 1 aromatic carbocycles. The standard InChI is InChI=1S/C15H18N2O3/c1-2-4-10(9-14(18)19)17-15(20)12-5-3-6-13-11(12)7-8-16-13/h3,5-8,10,16H,2,4,9H2,1H3,(H,17,20)(H,18,19). The third kappa shape index (κ3) is 3.17. The summed E-state index contributed by atoms with van der Waals surface area (Å²) in [6, 6.07) is 6.96. The molecule has 0 aliphatic heterocycles. The van der Waals surface area contributed by atoms with E-state index in [0.717, 1.165) is 17.3 Å². The van der Waals surface area contributed by atoms with Gasteiger partial charge in [-0.2, -0.15) is 0 Å². The van der Waals surface area contributed by atoms with Crippen molar-refractivity contribution in [2.24, 2.45) is 0 Å². The monoisotopic (exact) mass is 274 g/mol. The van der Waals surface area contributed by atoms with Crippen molar-refractivity contribution in [2.75, 3.05) is 0 Å². The maximum atomic E-state index is 12.3. The first-order chi connectivity index (χ1) is 9.61. The molecule has 0 spiro atoms. The summed E-state index contributed by atoms with van der Waals surface area (Å²) in [6.45, 7) is 1.97. The normalized spacial score (nSPS) is 12.2. The molecule has 20 heavy (non-hydrogen) atoms. The number of hydrogen-bond donors (Lipinski definition) is 3. The van der Waals surface area contributed by atoms with E-state index < -0.39 is 5.97 Å². The van der Waals surface area contributed by atoms with Crippen molar-refractivity contribution >= 4 is 22.8 Å². The topological polar surface area (TPSA) is 82.2 Å². The van der Waals surface area contributed by atoms with E-state index in [9.17, 15) is 9.59 Å². The van der Waals surface area contributed by atoms with Gasteiger partial charge in [0.2, 0.25) is 0 Å². The van der Waals surface area contributed by atoms with E-state index in [0.29, 0.717) is 12.0 Å². The summed E-state index contributed by atoms with van der Waals surface area (Å²) in [7, 11) is 0. The van der Waals surface area contributed by atoms with Crippen molar-refractivity contribution in [3.63, 3.8) is 0 Å². The van der Waals surface area contributed by atoms with Crippen LogP contribution in [0.25, 0.3) is 10.9 Å². The van der Waals surface area contributed by atoms with Crippen molar-refractivity contribution in [2.45, 2.75) is 32.2 Å². The van der Waals surface area contributed by atoms with Gasteiger partial charge in [-0.15, -0.1) is 0 Å². The molecular weight excluding hydrogens is 256 g/mol. The molecule has 0 saturated heterocycles. The molecule has 0 aliphatic rings. The first-order valence-electron chi connectivity index (χ1n) is 6.70. The second kappa shape index (κ2) is 6.23. The van der Waals surface area contributed by atoms with Gasteiger partial charge in [0.1, 0.15) is 0 Å². The molecule has 2 aromatic rings. The number of carbonyl (C=O) groups excluding carboxylic acids is 1. The van der Waals surface area contributed by atoms with Crippen LogP contribution in [-0.4, -0.2) is 28.0 Å². The number of rotatable bonds is 6. The maximum Gasteiger partial charge on any atom is 0.305 e. The molecule has 0 radical (unpaired) electrons. The predicted octanol–water partition coefficient (Wildman–Crippen LogP) is 2.54. The van der Waals surface area contributed by atoms with Gasteiger partial charge in [0.25, 0.3) is 5.91 Å². The molecule has 1 atom stereocenters. The summed E-state index contributed by atoms with van der Waals surface area (Å²) >= 11 is 0. The number of carboxylic acid groups (broad SMARTS) is 1. The fourth-order valence-corrected chi connectivity index (χ4v) is 2.33. The van der Waals surface area contributed by atoms with Crippen molar-refractivity contribution in [3.05, 3.63) is 36.0 Å². The molecular formula is C15H18N2O3. The number of aliphatic carboxylic acids is 1. The van der Waals surface area contributed by atoms with Gasteiger partial charge in [-0.05, 0) is 24.6 Å². The Morgan fingerprint density at radius 3 is 2.85 bits per heavy atom. The summed E-state index contributed by atoms with van der Waals surface area (Å²) in [5.74, 6) is -1.13. The molecule has 1 heterocycles. The largest absolute Gasteiger partial charge is 0.481 e. The fourth-order valence-electron chi connectivity index (χ4n) is 2.33. The Bertz CT molecular complexity index is 618. The minimum absolute atomic E-state index is 0.0529. The minimum atomic E-state index is -0.899. The van der Waals surface area contributed by atoms with E-state index in [-0.39, 0.29) is 18.4 Å². The van der Waals surface area contributed by atoms with Gasteiger partial charge in [-0.25, -0.2) is 0 Å². The van der Waals surface area contributed by atoms with Gasteiger partial charge in [0.05, 0.1) is 6.42 Å². The molecule has 0 fully saturated rings. The molecule has 0 aliphatic carbocycles. The highest BCUT2D eigenvalue weighted by Crippen LogP contribution is 2.17. The van der Waals surface area contributed by atoms with Gasteiger partial charge >= 0.3 is 5.97 Å². The van der Waals surface area contributed by atoms with Crippen LogP contribution in [0.3, 0.4) is 0 Å². The van der Waals surface area contributed by atoms with Gasteiger partial charge < -0.3 is 15.4 Å². The quantitative estimate of drug-likeness (QED) is 0.757. The van der Waals surface area contributed by atoms with Crippen molar-refractivity contribution in [1.82, 2.24) is 10.3 Å². The van der Waals surface area contributed by atoms with Crippen LogP contribution in [-0.2, 0) is 4.79 Å². The Morgan fingerprint density at radius 1 is 1.35 bits per heavy atom. The lowest BCUT2D eigenvalue weighted by atomic mass is 10.1. The van der Waals surface area contributed by atoms with Crippen LogP contribution < -0.4 is 5.32 Å². The zero-order valence-corrected chi connectivity index (χ0v) is 11.3. The second-order valence-corrected chi connectivity index (χ2v) is 4.80. The van der Waals surface area contributed by atoms with Crippen LogP contribution in [0.2, 0.25) is 0 Å². The van der Waals surface area contributed by atoms with E-state index in [1.807, 2.05) is 19.1 Å². The number of aromatic nitrogens is 1. The third-order valence-electron chi connectivity index (χ3n) is 3.23. The van der Waals surface area contributed by atoms with Crippen LogP contribution in [0.4, 0.5) is 0 Å². The molecule has 5 nitrogen and oxygen atoms in total. The average molecular weight is 274 g/mol. The highest BCUT2D eigenvalue weighted by molar-refractivity contribution is 6.06. The Balaban J connectivity index is 2.17. The Labute approximate surface area is 117 Å². The lowest BCUT2D eigenvalue weighted by Gasteiger charge is -2.16. The van der Waals surface area contributed by atoms with Crippen molar-refractivity contribution < 1.29 is 14.7 Å². The highest BCUT2D eigenvalue weighted by Gasteiger charge is 2.17. The molecule has 1 unspecified atom stereocenters. The van der Waals surface area contributed by atoms with E-state index in [4.69, 9.17) is 5.11 Å². The minimum Gasteiger partial charge on any atom is -0.481 e. The lowest BCUT2D eigenvalue weighted by molar-refractivity contribution is -0.137. The smallest absolute Gasteiger partial charge is 0.305 e. The molecule has 5 heteroatoms. The summed E-state index contributed by atoms with van der Waals surface area (Å²) in [4.78, 5) is 26.2. The number of H-pyrrole nitrogens is 1.